The number of hydrogen-bond donors (Lipinski definition) is 1. The van der Waals surface area contributed by atoms with Crippen LogP contribution >= 0.6 is 0 Å². The van der Waals surface area contributed by atoms with Crippen LogP contribution in [0.2, 0.25) is 0 Å². The van der Waals surface area contributed by atoms with Gasteiger partial charge in [-0.15, -0.1) is 0 Å². The summed E-state index contributed by atoms with van der Waals surface area (Å²) in [6.07, 6.45) is 5.56. The fourth-order valence-electron chi connectivity index (χ4n) is 3.90. The Kier molecular flexibility index (Phi) is 9.87. The number of rotatable bonds is 5. The molecule has 35 heavy (non-hydrogen) atoms. The summed E-state index contributed by atoms with van der Waals surface area (Å²) in [6, 6.07) is 3.00. The van der Waals surface area contributed by atoms with E-state index in [1.54, 1.807) is 4.90 Å². The Morgan fingerprint density at radius 3 is 2.17 bits per heavy atom. The first kappa shape index (κ1) is 26.9. The Labute approximate surface area is 205 Å². The number of hydrogen-bond acceptors (Lipinski definition) is 8. The van der Waals surface area contributed by atoms with Gasteiger partial charge in [-0.3, -0.25) is 9.00 Å². The quantitative estimate of drug-likeness (QED) is 0.609. The van der Waals surface area contributed by atoms with Crippen molar-refractivity contribution in [3.8, 4) is 11.8 Å². The highest BCUT2D eigenvalue weighted by atomic mass is 32.2. The third-order valence-electron chi connectivity index (χ3n) is 5.73. The van der Waals surface area contributed by atoms with Crippen LogP contribution in [0.5, 0.6) is 11.8 Å². The highest BCUT2D eigenvalue weighted by molar-refractivity contribution is 7.78. The molecule has 2 fully saturated rings. The van der Waals surface area contributed by atoms with E-state index in [0.29, 0.717) is 37.7 Å². The van der Waals surface area contributed by atoms with Crippen LogP contribution in [-0.2, 0) is 11.1 Å². The van der Waals surface area contributed by atoms with Gasteiger partial charge in [0, 0.05) is 32.0 Å². The van der Waals surface area contributed by atoms with Crippen LogP contribution in [0.1, 0.15) is 41.6 Å². The third kappa shape index (κ3) is 7.91. The summed E-state index contributed by atoms with van der Waals surface area (Å²) in [4.78, 5) is 22.6. The minimum Gasteiger partial charge on any atom is -0.773 e. The van der Waals surface area contributed by atoms with E-state index >= 15 is 0 Å². The number of carbonyl (C=O) groups excluding carboxylic acids is 1. The molecule has 1 aromatic carbocycles. The molecule has 0 bridgehead atoms. The molecule has 0 aliphatic carbocycles. The van der Waals surface area contributed by atoms with E-state index in [-0.39, 0.29) is 17.8 Å². The minimum atomic E-state index is -1.86. The summed E-state index contributed by atoms with van der Waals surface area (Å²) in [5.74, 6) is -0.970. The van der Waals surface area contributed by atoms with Gasteiger partial charge in [-0.05, 0) is 51.2 Å². The molecule has 1 unspecified atom stereocenters. The summed E-state index contributed by atoms with van der Waals surface area (Å²) in [6.45, 7) is 4.57. The predicted octanol–water partition coefficient (Wildman–Crippen LogP) is 2.37. The van der Waals surface area contributed by atoms with Gasteiger partial charge in [-0.2, -0.15) is 0 Å². The molecule has 1 N–H and O–H groups in total. The number of carbonyl (C=O) groups is 1. The molecule has 2 aliphatic rings. The zero-order chi connectivity index (χ0) is 25.4. The molecule has 1 atom stereocenters. The van der Waals surface area contributed by atoms with Crippen molar-refractivity contribution in [2.75, 3.05) is 32.4 Å². The molecule has 0 spiro atoms. The van der Waals surface area contributed by atoms with Gasteiger partial charge in [0.25, 0.3) is 5.91 Å². The number of piperidine rings is 2. The topological polar surface area (TPSA) is 117 Å². The second kappa shape index (κ2) is 12.8. The Balaban J connectivity index is 0.000000795. The molecular formula is C23H29F2N4O5S-. The van der Waals surface area contributed by atoms with Crippen LogP contribution < -0.4 is 14.8 Å². The molecule has 2 aromatic rings. The molecule has 0 radical (unpaired) electrons. The van der Waals surface area contributed by atoms with Crippen LogP contribution in [0.4, 0.5) is 8.78 Å². The van der Waals surface area contributed by atoms with Crippen molar-refractivity contribution in [1.82, 2.24) is 20.2 Å². The normalized spacial score (nSPS) is 17.8. The SMILES string of the molecule is CS(=O)[O-].Cc1c(OC2CCNCC2)ncnc1OC1CCN(C(=O)c2ccc(F)cc2F)CC1. The van der Waals surface area contributed by atoms with Crippen molar-refractivity contribution >= 4 is 17.0 Å². The fraction of sp³-hybridized carbons (Fsp3) is 0.522. The lowest BCUT2D eigenvalue weighted by Crippen LogP contribution is -2.42. The zero-order valence-corrected chi connectivity index (χ0v) is 20.5. The van der Waals surface area contributed by atoms with Crippen molar-refractivity contribution < 1.29 is 31.8 Å². The number of nitrogens with zero attached hydrogens (tertiary/aromatic N) is 3. The average molecular weight is 512 g/mol. The smallest absolute Gasteiger partial charge is 0.256 e. The average Bonchev–Trinajstić information content (AvgIpc) is 2.82. The van der Waals surface area contributed by atoms with E-state index in [1.165, 1.54) is 12.4 Å². The molecule has 4 rings (SSSR count). The van der Waals surface area contributed by atoms with Gasteiger partial charge in [-0.1, -0.05) is 11.1 Å². The first-order chi connectivity index (χ1) is 16.7. The third-order valence-corrected chi connectivity index (χ3v) is 5.73. The maximum Gasteiger partial charge on any atom is 0.256 e. The van der Waals surface area contributed by atoms with E-state index in [9.17, 15) is 13.6 Å². The Morgan fingerprint density at radius 2 is 1.63 bits per heavy atom. The number of benzene rings is 1. The lowest BCUT2D eigenvalue weighted by atomic mass is 10.1. The first-order valence-corrected chi connectivity index (χ1v) is 12.8. The Morgan fingerprint density at radius 1 is 1.09 bits per heavy atom. The number of nitrogens with one attached hydrogen (secondary N) is 1. The predicted molar refractivity (Wildman–Crippen MR) is 124 cm³/mol. The van der Waals surface area contributed by atoms with Crippen molar-refractivity contribution in [3.05, 3.63) is 47.3 Å². The van der Waals surface area contributed by atoms with Crippen LogP contribution in [0, 0.1) is 18.6 Å². The molecule has 2 aliphatic heterocycles. The number of likely N-dealkylation sites (tertiary alicyclic amines) is 1. The van der Waals surface area contributed by atoms with E-state index in [2.05, 4.69) is 15.3 Å². The van der Waals surface area contributed by atoms with E-state index in [4.69, 9.17) is 18.2 Å². The lowest BCUT2D eigenvalue weighted by Gasteiger charge is -2.32. The standard InChI is InChI=1S/C22H26F2N4O3.CH4O2S/c1-14-20(30-16-4-8-25-9-5-16)26-13-27-21(14)31-17-6-10-28(11-7-17)22(29)18-3-2-15(23)12-19(18)24;1-4(2)3/h2-3,12-13,16-17,25H,4-11H2,1H3;1H3,(H,2,3)/p-1. The van der Waals surface area contributed by atoms with Gasteiger partial charge >= 0.3 is 0 Å². The van der Waals surface area contributed by atoms with Gasteiger partial charge in [-0.25, -0.2) is 18.7 Å². The summed E-state index contributed by atoms with van der Waals surface area (Å²) < 4.78 is 57.2. The van der Waals surface area contributed by atoms with Crippen molar-refractivity contribution in [2.24, 2.45) is 0 Å². The zero-order valence-electron chi connectivity index (χ0n) is 19.7. The van der Waals surface area contributed by atoms with Crippen molar-refractivity contribution in [1.29, 1.82) is 0 Å². The van der Waals surface area contributed by atoms with Crippen LogP contribution in [0.15, 0.2) is 24.5 Å². The lowest BCUT2D eigenvalue weighted by molar-refractivity contribution is 0.0580. The van der Waals surface area contributed by atoms with Crippen LogP contribution in [0.3, 0.4) is 0 Å². The minimum absolute atomic E-state index is 0.118. The van der Waals surface area contributed by atoms with E-state index in [1.807, 2.05) is 6.92 Å². The van der Waals surface area contributed by atoms with Crippen LogP contribution in [-0.4, -0.2) is 74.2 Å². The summed E-state index contributed by atoms with van der Waals surface area (Å²) >= 11 is -1.86. The molecule has 1 aromatic heterocycles. The number of amides is 1. The monoisotopic (exact) mass is 511 g/mol. The fourth-order valence-corrected chi connectivity index (χ4v) is 3.90. The summed E-state index contributed by atoms with van der Waals surface area (Å²) in [5.41, 5.74) is 0.639. The first-order valence-electron chi connectivity index (χ1n) is 11.4. The van der Waals surface area contributed by atoms with Gasteiger partial charge in [0.15, 0.2) is 0 Å². The molecule has 12 heteroatoms. The van der Waals surface area contributed by atoms with Gasteiger partial charge < -0.3 is 24.2 Å². The Hall–Kier alpha value is -2.70. The second-order valence-electron chi connectivity index (χ2n) is 8.31. The summed E-state index contributed by atoms with van der Waals surface area (Å²) in [5, 5.41) is 3.31. The van der Waals surface area contributed by atoms with Gasteiger partial charge in [0.1, 0.15) is 30.2 Å². The van der Waals surface area contributed by atoms with E-state index < -0.39 is 28.6 Å². The number of halogens is 2. The molecule has 9 nitrogen and oxygen atoms in total. The van der Waals surface area contributed by atoms with E-state index in [0.717, 1.165) is 49.9 Å². The molecule has 192 valence electrons. The molecule has 2 saturated heterocycles. The highest BCUT2D eigenvalue weighted by Gasteiger charge is 2.27. The molecular weight excluding hydrogens is 482 g/mol. The number of ether oxygens (including phenoxy) is 2. The van der Waals surface area contributed by atoms with Crippen LogP contribution in [0.25, 0.3) is 0 Å². The molecule has 1 amide bonds. The second-order valence-corrected chi connectivity index (χ2v) is 9.11. The largest absolute Gasteiger partial charge is 0.773 e. The van der Waals surface area contributed by atoms with Gasteiger partial charge in [0.2, 0.25) is 11.8 Å². The van der Waals surface area contributed by atoms with Crippen molar-refractivity contribution in [3.63, 3.8) is 0 Å². The molecule has 3 heterocycles. The molecule has 0 saturated carbocycles. The maximum atomic E-state index is 13.9. The Bertz CT molecular complexity index is 1030. The maximum absolute atomic E-state index is 13.9. The number of aromatic nitrogens is 2. The van der Waals surface area contributed by atoms with Gasteiger partial charge in [0.05, 0.1) is 11.1 Å². The van der Waals surface area contributed by atoms with Crippen molar-refractivity contribution in [2.45, 2.75) is 44.8 Å². The summed E-state index contributed by atoms with van der Waals surface area (Å²) in [7, 11) is 0. The highest BCUT2D eigenvalue weighted by Crippen LogP contribution is 2.27.